The number of rotatable bonds is 7. The number of benzene rings is 1. The van der Waals surface area contributed by atoms with Crippen LogP contribution in [0.4, 0.5) is 5.69 Å². The van der Waals surface area contributed by atoms with Crippen molar-refractivity contribution in [3.05, 3.63) is 36.2 Å². The molecule has 0 radical (unpaired) electrons. The first-order chi connectivity index (χ1) is 9.74. The van der Waals surface area contributed by atoms with Crippen molar-refractivity contribution in [2.75, 3.05) is 23.7 Å². The van der Waals surface area contributed by atoms with E-state index in [4.69, 9.17) is 0 Å². The minimum atomic E-state index is 0.0949. The second-order valence-electron chi connectivity index (χ2n) is 4.22. The van der Waals surface area contributed by atoms with E-state index in [1.165, 1.54) is 18.1 Å². The van der Waals surface area contributed by atoms with Crippen LogP contribution >= 0.6 is 11.8 Å². The minimum absolute atomic E-state index is 0.0949. The van der Waals surface area contributed by atoms with Gasteiger partial charge in [-0.1, -0.05) is 11.8 Å². The van der Waals surface area contributed by atoms with Gasteiger partial charge in [0.15, 0.2) is 10.9 Å². The number of aromatic nitrogens is 3. The van der Waals surface area contributed by atoms with Crippen LogP contribution in [0.1, 0.15) is 24.2 Å². The first-order valence-electron chi connectivity index (χ1n) is 6.61. The Morgan fingerprint density at radius 3 is 2.50 bits per heavy atom. The zero-order valence-corrected chi connectivity index (χ0v) is 12.5. The Morgan fingerprint density at radius 1 is 1.25 bits per heavy atom. The fourth-order valence-electron chi connectivity index (χ4n) is 1.93. The highest BCUT2D eigenvalue weighted by Gasteiger charge is 2.09. The van der Waals surface area contributed by atoms with E-state index in [2.05, 4.69) is 33.9 Å². The summed E-state index contributed by atoms with van der Waals surface area (Å²) in [7, 11) is 0. The van der Waals surface area contributed by atoms with Crippen LogP contribution in [0.25, 0.3) is 0 Å². The van der Waals surface area contributed by atoms with E-state index in [1.54, 1.807) is 0 Å². The number of hydrogen-bond donors (Lipinski definition) is 1. The molecule has 106 valence electrons. The van der Waals surface area contributed by atoms with Crippen molar-refractivity contribution in [1.82, 2.24) is 15.2 Å². The van der Waals surface area contributed by atoms with Crippen molar-refractivity contribution in [1.29, 1.82) is 0 Å². The van der Waals surface area contributed by atoms with Crippen molar-refractivity contribution >= 4 is 23.2 Å². The highest BCUT2D eigenvalue weighted by atomic mass is 32.2. The number of thioether (sulfide) groups is 1. The summed E-state index contributed by atoms with van der Waals surface area (Å²) in [5, 5.41) is 7.14. The number of H-pyrrole nitrogens is 1. The molecule has 0 aliphatic rings. The molecule has 0 aliphatic carbocycles. The van der Waals surface area contributed by atoms with Crippen LogP contribution in [-0.2, 0) is 0 Å². The third-order valence-electron chi connectivity index (χ3n) is 3.05. The number of aromatic amines is 1. The molecule has 1 aromatic carbocycles. The first kappa shape index (κ1) is 14.6. The van der Waals surface area contributed by atoms with Gasteiger partial charge in [0.05, 0.1) is 5.75 Å². The molecule has 5 nitrogen and oxygen atoms in total. The Labute approximate surface area is 122 Å². The Hall–Kier alpha value is -1.82. The molecular weight excluding hydrogens is 272 g/mol. The standard InChI is InChI=1S/C14H18N4OS/c1-3-18(4-2)12-7-5-11(6-8-12)13(19)9-20-14-15-10-16-17-14/h5-8,10H,3-4,9H2,1-2H3,(H,15,16,17). The van der Waals surface area contributed by atoms with E-state index >= 15 is 0 Å². The van der Waals surface area contributed by atoms with Gasteiger partial charge >= 0.3 is 0 Å². The molecule has 1 heterocycles. The Bertz CT molecular complexity index is 535. The van der Waals surface area contributed by atoms with Crippen LogP contribution in [0, 0.1) is 0 Å². The fourth-order valence-corrected chi connectivity index (χ4v) is 2.60. The number of hydrogen-bond acceptors (Lipinski definition) is 5. The highest BCUT2D eigenvalue weighted by molar-refractivity contribution is 7.99. The number of carbonyl (C=O) groups excluding carboxylic acids is 1. The molecule has 0 bridgehead atoms. The maximum atomic E-state index is 12.1. The van der Waals surface area contributed by atoms with Crippen LogP contribution in [0.15, 0.2) is 35.7 Å². The molecule has 0 saturated heterocycles. The molecule has 0 unspecified atom stereocenters. The first-order valence-corrected chi connectivity index (χ1v) is 7.59. The number of nitrogens with zero attached hydrogens (tertiary/aromatic N) is 3. The molecule has 0 fully saturated rings. The summed E-state index contributed by atoms with van der Waals surface area (Å²) >= 11 is 1.36. The second kappa shape index (κ2) is 7.09. The zero-order valence-electron chi connectivity index (χ0n) is 11.7. The van der Waals surface area contributed by atoms with E-state index in [9.17, 15) is 4.79 Å². The summed E-state index contributed by atoms with van der Waals surface area (Å²) in [6.45, 7) is 6.17. The Morgan fingerprint density at radius 2 is 1.95 bits per heavy atom. The Kier molecular flexibility index (Phi) is 5.17. The summed E-state index contributed by atoms with van der Waals surface area (Å²) in [5.74, 6) is 0.456. The highest BCUT2D eigenvalue weighted by Crippen LogP contribution is 2.18. The number of anilines is 1. The smallest absolute Gasteiger partial charge is 0.183 e. The lowest BCUT2D eigenvalue weighted by Crippen LogP contribution is -2.21. The maximum Gasteiger partial charge on any atom is 0.183 e. The average Bonchev–Trinajstić information content (AvgIpc) is 3.00. The van der Waals surface area contributed by atoms with Gasteiger partial charge in [-0.25, -0.2) is 4.98 Å². The summed E-state index contributed by atoms with van der Waals surface area (Å²) in [4.78, 5) is 18.3. The predicted octanol–water partition coefficient (Wildman–Crippen LogP) is 2.63. The summed E-state index contributed by atoms with van der Waals surface area (Å²) in [5.41, 5.74) is 1.88. The molecule has 0 saturated carbocycles. The summed E-state index contributed by atoms with van der Waals surface area (Å²) < 4.78 is 0. The summed E-state index contributed by atoms with van der Waals surface area (Å²) in [6, 6.07) is 7.77. The lowest BCUT2D eigenvalue weighted by molar-refractivity contribution is 0.102. The van der Waals surface area contributed by atoms with Gasteiger partial charge < -0.3 is 4.90 Å². The lowest BCUT2D eigenvalue weighted by Gasteiger charge is -2.20. The van der Waals surface area contributed by atoms with Crippen LogP contribution in [0.2, 0.25) is 0 Å². The number of Topliss-reactive ketones (excluding diaryl/α,β-unsaturated/α-hetero) is 1. The topological polar surface area (TPSA) is 61.9 Å². The summed E-state index contributed by atoms with van der Waals surface area (Å²) in [6.07, 6.45) is 1.44. The molecular formula is C14H18N4OS. The SMILES string of the molecule is CCN(CC)c1ccc(C(=O)CSc2ncn[nH]2)cc1. The fraction of sp³-hybridized carbons (Fsp3) is 0.357. The van der Waals surface area contributed by atoms with Crippen molar-refractivity contribution < 1.29 is 4.79 Å². The van der Waals surface area contributed by atoms with Gasteiger partial charge in [0, 0.05) is 24.3 Å². The average molecular weight is 290 g/mol. The van der Waals surface area contributed by atoms with Crippen LogP contribution < -0.4 is 4.90 Å². The number of nitrogens with one attached hydrogen (secondary N) is 1. The number of ketones is 1. The molecule has 2 rings (SSSR count). The van der Waals surface area contributed by atoms with Crippen molar-refractivity contribution in [2.24, 2.45) is 0 Å². The van der Waals surface area contributed by atoms with Gasteiger partial charge in [0.25, 0.3) is 0 Å². The molecule has 0 amide bonds. The molecule has 1 N–H and O–H groups in total. The van der Waals surface area contributed by atoms with Gasteiger partial charge in [-0.15, -0.1) is 0 Å². The van der Waals surface area contributed by atoms with Crippen molar-refractivity contribution in [3.63, 3.8) is 0 Å². The molecule has 0 spiro atoms. The van der Waals surface area contributed by atoms with Crippen molar-refractivity contribution in [3.8, 4) is 0 Å². The molecule has 0 aliphatic heterocycles. The van der Waals surface area contributed by atoms with E-state index in [1.807, 2.05) is 24.3 Å². The molecule has 2 aromatic rings. The third kappa shape index (κ3) is 3.60. The van der Waals surface area contributed by atoms with E-state index in [0.717, 1.165) is 24.3 Å². The van der Waals surface area contributed by atoms with Gasteiger partial charge in [-0.3, -0.25) is 9.89 Å². The van der Waals surface area contributed by atoms with Crippen LogP contribution in [0.3, 0.4) is 0 Å². The second-order valence-corrected chi connectivity index (χ2v) is 5.19. The molecule has 1 aromatic heterocycles. The zero-order chi connectivity index (χ0) is 14.4. The quantitative estimate of drug-likeness (QED) is 0.627. The van der Waals surface area contributed by atoms with Crippen molar-refractivity contribution in [2.45, 2.75) is 19.0 Å². The van der Waals surface area contributed by atoms with Crippen LogP contribution in [-0.4, -0.2) is 39.8 Å². The van der Waals surface area contributed by atoms with E-state index in [0.29, 0.717) is 10.9 Å². The monoisotopic (exact) mass is 290 g/mol. The van der Waals surface area contributed by atoms with E-state index < -0.39 is 0 Å². The predicted molar refractivity (Wildman–Crippen MR) is 81.4 cm³/mol. The van der Waals surface area contributed by atoms with Gasteiger partial charge in [0.1, 0.15) is 6.33 Å². The minimum Gasteiger partial charge on any atom is -0.372 e. The molecule has 0 atom stereocenters. The van der Waals surface area contributed by atoms with Gasteiger partial charge in [0.2, 0.25) is 0 Å². The van der Waals surface area contributed by atoms with Crippen LogP contribution in [0.5, 0.6) is 0 Å². The van der Waals surface area contributed by atoms with Gasteiger partial charge in [-0.05, 0) is 38.1 Å². The largest absolute Gasteiger partial charge is 0.372 e. The normalized spacial score (nSPS) is 10.5. The van der Waals surface area contributed by atoms with Gasteiger partial charge in [-0.2, -0.15) is 5.10 Å². The Balaban J connectivity index is 1.96. The number of carbonyl (C=O) groups is 1. The lowest BCUT2D eigenvalue weighted by atomic mass is 10.1. The molecule has 6 heteroatoms. The third-order valence-corrected chi connectivity index (χ3v) is 3.93. The molecule has 20 heavy (non-hydrogen) atoms. The van der Waals surface area contributed by atoms with E-state index in [-0.39, 0.29) is 5.78 Å². The maximum absolute atomic E-state index is 12.1.